The minimum Gasteiger partial charge on any atom is -0.346 e. The molecule has 0 bridgehead atoms. The Morgan fingerprint density at radius 1 is 1.07 bits per heavy atom. The molecule has 2 fully saturated rings. The van der Waals surface area contributed by atoms with Crippen molar-refractivity contribution in [3.8, 4) is 0 Å². The van der Waals surface area contributed by atoms with Gasteiger partial charge in [0.05, 0.1) is 14.7 Å². The van der Waals surface area contributed by atoms with E-state index in [1.54, 1.807) is 27.8 Å². The highest BCUT2D eigenvalue weighted by Crippen LogP contribution is 2.27. The molecular weight excluding hydrogens is 456 g/mol. The Morgan fingerprint density at radius 2 is 1.76 bits per heavy atom. The van der Waals surface area contributed by atoms with Gasteiger partial charge in [-0.2, -0.15) is 0 Å². The first kappa shape index (κ1) is 19.9. The summed E-state index contributed by atoms with van der Waals surface area (Å²) in [6.07, 6.45) is 1.20. The number of benzene rings is 1. The standard InChI is InChI=1S/C20H21BrN4O3S/c1-23-9-2-10-24(20(23)28)14-3-5-15(6-4-14)25-12-13(11-18(25)26)22-19(27)16-7-8-17(21)29-16/h3-8,13H,2,9-12H2,1H3,(H,22,27). The quantitative estimate of drug-likeness (QED) is 0.735. The molecular formula is C20H21BrN4O3S. The molecule has 1 aromatic heterocycles. The first-order valence-electron chi connectivity index (χ1n) is 9.41. The van der Waals surface area contributed by atoms with Gasteiger partial charge in [-0.3, -0.25) is 14.5 Å². The number of urea groups is 1. The smallest absolute Gasteiger partial charge is 0.324 e. The molecule has 4 rings (SSSR count). The topological polar surface area (TPSA) is 73.0 Å². The molecule has 1 atom stereocenters. The molecule has 152 valence electrons. The van der Waals surface area contributed by atoms with E-state index in [1.807, 2.05) is 30.3 Å². The summed E-state index contributed by atoms with van der Waals surface area (Å²) < 4.78 is 0.894. The van der Waals surface area contributed by atoms with E-state index in [-0.39, 0.29) is 30.3 Å². The number of thiophene rings is 1. The number of hydrogen-bond donors (Lipinski definition) is 1. The van der Waals surface area contributed by atoms with Crippen LogP contribution in [0.2, 0.25) is 0 Å². The van der Waals surface area contributed by atoms with Gasteiger partial charge in [0.15, 0.2) is 0 Å². The molecule has 7 nitrogen and oxygen atoms in total. The average molecular weight is 477 g/mol. The van der Waals surface area contributed by atoms with Gasteiger partial charge in [-0.1, -0.05) is 0 Å². The van der Waals surface area contributed by atoms with E-state index in [9.17, 15) is 14.4 Å². The number of rotatable bonds is 4. The van der Waals surface area contributed by atoms with Crippen molar-refractivity contribution < 1.29 is 14.4 Å². The fourth-order valence-corrected chi connectivity index (χ4v) is 4.95. The van der Waals surface area contributed by atoms with E-state index in [0.29, 0.717) is 18.0 Å². The van der Waals surface area contributed by atoms with Crippen molar-refractivity contribution in [1.29, 1.82) is 0 Å². The van der Waals surface area contributed by atoms with Crippen LogP contribution in [-0.2, 0) is 4.79 Å². The Kier molecular flexibility index (Phi) is 5.60. The van der Waals surface area contributed by atoms with Crippen molar-refractivity contribution in [2.45, 2.75) is 18.9 Å². The molecule has 2 saturated heterocycles. The summed E-state index contributed by atoms with van der Waals surface area (Å²) in [6.45, 7) is 1.89. The third kappa shape index (κ3) is 4.16. The maximum Gasteiger partial charge on any atom is 0.324 e. The van der Waals surface area contributed by atoms with Crippen molar-refractivity contribution in [3.63, 3.8) is 0 Å². The zero-order valence-corrected chi connectivity index (χ0v) is 18.3. The first-order chi connectivity index (χ1) is 13.9. The maximum atomic E-state index is 12.5. The van der Waals surface area contributed by atoms with Crippen LogP contribution >= 0.6 is 27.3 Å². The van der Waals surface area contributed by atoms with Crippen molar-refractivity contribution >= 4 is 56.5 Å². The number of nitrogens with one attached hydrogen (secondary N) is 1. The van der Waals surface area contributed by atoms with Gasteiger partial charge >= 0.3 is 6.03 Å². The lowest BCUT2D eigenvalue weighted by molar-refractivity contribution is -0.117. The SMILES string of the molecule is CN1CCCN(c2ccc(N3CC(NC(=O)c4ccc(Br)s4)CC3=O)cc2)C1=O. The zero-order chi connectivity index (χ0) is 20.5. The molecule has 0 saturated carbocycles. The normalized spacial score (nSPS) is 19.8. The van der Waals surface area contributed by atoms with Crippen LogP contribution in [0, 0.1) is 0 Å². The molecule has 0 spiro atoms. The van der Waals surface area contributed by atoms with Gasteiger partial charge in [-0.05, 0) is 58.7 Å². The fourth-order valence-electron chi connectivity index (χ4n) is 3.66. The summed E-state index contributed by atoms with van der Waals surface area (Å²) in [6, 6.07) is 10.8. The minimum absolute atomic E-state index is 0.00996. The highest BCUT2D eigenvalue weighted by Gasteiger charge is 2.32. The summed E-state index contributed by atoms with van der Waals surface area (Å²) >= 11 is 4.72. The molecule has 29 heavy (non-hydrogen) atoms. The van der Waals surface area contributed by atoms with Crippen LogP contribution in [0.1, 0.15) is 22.5 Å². The predicted octanol–water partition coefficient (Wildman–Crippen LogP) is 3.31. The Bertz CT molecular complexity index is 945. The number of halogens is 1. The third-order valence-electron chi connectivity index (χ3n) is 5.16. The van der Waals surface area contributed by atoms with Gasteiger partial charge in [0.1, 0.15) is 0 Å². The summed E-state index contributed by atoms with van der Waals surface area (Å²) in [4.78, 5) is 42.9. The Labute approximate surface area is 181 Å². The van der Waals surface area contributed by atoms with Crippen LogP contribution in [0.4, 0.5) is 16.2 Å². The van der Waals surface area contributed by atoms with E-state index >= 15 is 0 Å². The molecule has 2 aliphatic heterocycles. The van der Waals surface area contributed by atoms with Crippen molar-refractivity contribution in [1.82, 2.24) is 10.2 Å². The number of amides is 4. The van der Waals surface area contributed by atoms with Gasteiger partial charge in [0.2, 0.25) is 5.91 Å². The number of carbonyl (C=O) groups is 3. The zero-order valence-electron chi connectivity index (χ0n) is 15.9. The van der Waals surface area contributed by atoms with E-state index in [1.165, 1.54) is 11.3 Å². The van der Waals surface area contributed by atoms with E-state index in [4.69, 9.17) is 0 Å². The predicted molar refractivity (Wildman–Crippen MR) is 117 cm³/mol. The highest BCUT2D eigenvalue weighted by molar-refractivity contribution is 9.11. The molecule has 2 aromatic rings. The molecule has 4 amide bonds. The lowest BCUT2D eigenvalue weighted by Crippen LogP contribution is -2.47. The summed E-state index contributed by atoms with van der Waals surface area (Å²) in [7, 11) is 1.80. The van der Waals surface area contributed by atoms with Crippen LogP contribution in [0.25, 0.3) is 0 Å². The van der Waals surface area contributed by atoms with E-state index in [0.717, 1.165) is 28.1 Å². The average Bonchev–Trinajstić information content (AvgIpc) is 3.30. The van der Waals surface area contributed by atoms with Crippen LogP contribution < -0.4 is 15.1 Å². The Hall–Kier alpha value is -2.39. The summed E-state index contributed by atoms with van der Waals surface area (Å²) in [5.74, 6) is -0.187. The lowest BCUT2D eigenvalue weighted by Gasteiger charge is -2.33. The Balaban J connectivity index is 1.41. The molecule has 0 aliphatic carbocycles. The lowest BCUT2D eigenvalue weighted by atomic mass is 10.2. The fraction of sp³-hybridized carbons (Fsp3) is 0.350. The monoisotopic (exact) mass is 476 g/mol. The van der Waals surface area contributed by atoms with Crippen molar-refractivity contribution in [2.24, 2.45) is 0 Å². The number of anilines is 2. The van der Waals surface area contributed by atoms with Gasteiger partial charge in [0.25, 0.3) is 5.91 Å². The van der Waals surface area contributed by atoms with E-state index in [2.05, 4.69) is 21.2 Å². The van der Waals surface area contributed by atoms with Crippen LogP contribution in [0.3, 0.4) is 0 Å². The third-order valence-corrected chi connectivity index (χ3v) is 6.79. The summed E-state index contributed by atoms with van der Waals surface area (Å²) in [5.41, 5.74) is 1.59. The second-order valence-electron chi connectivity index (χ2n) is 7.21. The molecule has 2 aliphatic rings. The molecule has 3 heterocycles. The van der Waals surface area contributed by atoms with Crippen molar-refractivity contribution in [2.75, 3.05) is 36.5 Å². The van der Waals surface area contributed by atoms with Crippen molar-refractivity contribution in [3.05, 3.63) is 45.1 Å². The number of nitrogens with zero attached hydrogens (tertiary/aromatic N) is 3. The molecule has 0 radical (unpaired) electrons. The van der Waals surface area contributed by atoms with Crippen LogP contribution in [-0.4, -0.2) is 55.5 Å². The minimum atomic E-state index is -0.229. The molecule has 1 N–H and O–H groups in total. The van der Waals surface area contributed by atoms with Crippen LogP contribution in [0.15, 0.2) is 40.2 Å². The first-order valence-corrected chi connectivity index (χ1v) is 11.0. The Morgan fingerprint density at radius 3 is 2.41 bits per heavy atom. The van der Waals surface area contributed by atoms with Gasteiger partial charge in [0, 0.05) is 44.5 Å². The number of hydrogen-bond acceptors (Lipinski definition) is 4. The van der Waals surface area contributed by atoms with Gasteiger partial charge in [-0.25, -0.2) is 4.79 Å². The van der Waals surface area contributed by atoms with Gasteiger partial charge in [-0.15, -0.1) is 11.3 Å². The largest absolute Gasteiger partial charge is 0.346 e. The van der Waals surface area contributed by atoms with Crippen LogP contribution in [0.5, 0.6) is 0 Å². The number of carbonyl (C=O) groups excluding carboxylic acids is 3. The second kappa shape index (κ2) is 8.16. The molecule has 9 heteroatoms. The second-order valence-corrected chi connectivity index (χ2v) is 9.67. The highest BCUT2D eigenvalue weighted by atomic mass is 79.9. The summed E-state index contributed by atoms with van der Waals surface area (Å²) in [5, 5.41) is 2.94. The molecule has 1 aromatic carbocycles. The van der Waals surface area contributed by atoms with E-state index < -0.39 is 0 Å². The maximum absolute atomic E-state index is 12.5. The molecule has 1 unspecified atom stereocenters. The van der Waals surface area contributed by atoms with Gasteiger partial charge < -0.3 is 15.1 Å².